The van der Waals surface area contributed by atoms with Gasteiger partial charge in [0, 0.05) is 24.6 Å². The molecule has 2 heterocycles. The van der Waals surface area contributed by atoms with E-state index in [-0.39, 0.29) is 19.5 Å². The molecule has 1 fully saturated rings. The molecule has 1 aliphatic carbocycles. The SMILES string of the molecule is O=C(O)C1(NS(=O)(=O)N2CCn3c(nnc3-c3ccccc3)C2)CC1c1ccccc1. The number of nitrogens with zero attached hydrogens (tertiary/aromatic N) is 4. The zero-order valence-corrected chi connectivity index (χ0v) is 17.4. The predicted molar refractivity (Wildman–Crippen MR) is 112 cm³/mol. The van der Waals surface area contributed by atoms with E-state index in [2.05, 4.69) is 14.9 Å². The number of hydrogen-bond acceptors (Lipinski definition) is 5. The van der Waals surface area contributed by atoms with Crippen molar-refractivity contribution in [2.45, 2.75) is 31.0 Å². The van der Waals surface area contributed by atoms with Gasteiger partial charge in [-0.3, -0.25) is 4.79 Å². The Hall–Kier alpha value is -3.08. The lowest BCUT2D eigenvalue weighted by molar-refractivity contribution is -0.140. The lowest BCUT2D eigenvalue weighted by atomic mass is 10.1. The highest BCUT2D eigenvalue weighted by atomic mass is 32.2. The van der Waals surface area contributed by atoms with Crippen LogP contribution in [0.25, 0.3) is 11.4 Å². The topological polar surface area (TPSA) is 117 Å². The van der Waals surface area contributed by atoms with E-state index in [0.29, 0.717) is 18.2 Å². The number of rotatable bonds is 6. The largest absolute Gasteiger partial charge is 0.480 e. The first-order valence-corrected chi connectivity index (χ1v) is 11.4. The molecular weight excluding hydrogens is 418 g/mol. The minimum atomic E-state index is -4.04. The van der Waals surface area contributed by atoms with Gasteiger partial charge in [-0.25, -0.2) is 0 Å². The minimum absolute atomic E-state index is 0.0286. The van der Waals surface area contributed by atoms with E-state index in [9.17, 15) is 18.3 Å². The third kappa shape index (κ3) is 3.42. The summed E-state index contributed by atoms with van der Waals surface area (Å²) in [5.74, 6) is -0.361. The van der Waals surface area contributed by atoms with Crippen LogP contribution in [0.15, 0.2) is 60.7 Å². The standard InChI is InChI=1S/C21H21N5O4S/c27-20(28)21(13-17(21)15-7-3-1-4-8-15)24-31(29,30)25-11-12-26-18(14-25)22-23-19(26)16-9-5-2-6-10-16/h1-10,17,24H,11-14H2,(H,27,28). The summed E-state index contributed by atoms with van der Waals surface area (Å²) < 4.78 is 31.8. The van der Waals surface area contributed by atoms with Crippen LogP contribution in [0.2, 0.25) is 0 Å². The summed E-state index contributed by atoms with van der Waals surface area (Å²) in [6, 6.07) is 18.7. The van der Waals surface area contributed by atoms with Gasteiger partial charge in [0.15, 0.2) is 5.82 Å². The van der Waals surface area contributed by atoms with Gasteiger partial charge in [0.05, 0.1) is 6.54 Å². The fraction of sp³-hybridized carbons (Fsp3) is 0.286. The fourth-order valence-corrected chi connectivity index (χ4v) is 5.69. The number of benzene rings is 2. The lowest BCUT2D eigenvalue weighted by Crippen LogP contribution is -2.52. The van der Waals surface area contributed by atoms with Crippen LogP contribution >= 0.6 is 0 Å². The highest BCUT2D eigenvalue weighted by Gasteiger charge is 2.63. The van der Waals surface area contributed by atoms with Crippen molar-refractivity contribution in [1.82, 2.24) is 23.8 Å². The minimum Gasteiger partial charge on any atom is -0.480 e. The number of carboxylic acids is 1. The Morgan fingerprint density at radius 3 is 2.39 bits per heavy atom. The predicted octanol–water partition coefficient (Wildman–Crippen LogP) is 1.61. The molecule has 2 atom stereocenters. The van der Waals surface area contributed by atoms with E-state index in [4.69, 9.17) is 0 Å². The quantitative estimate of drug-likeness (QED) is 0.603. The van der Waals surface area contributed by atoms with Gasteiger partial charge >= 0.3 is 5.97 Å². The summed E-state index contributed by atoms with van der Waals surface area (Å²) in [5.41, 5.74) is 0.184. The zero-order chi connectivity index (χ0) is 21.6. The Bertz CT molecular complexity index is 1230. The highest BCUT2D eigenvalue weighted by molar-refractivity contribution is 7.87. The summed E-state index contributed by atoms with van der Waals surface area (Å²) in [4.78, 5) is 12.0. The van der Waals surface area contributed by atoms with Gasteiger partial charge in [-0.2, -0.15) is 17.4 Å². The van der Waals surface area contributed by atoms with Crippen LogP contribution in [0.4, 0.5) is 0 Å². The van der Waals surface area contributed by atoms with Crippen LogP contribution in [0.1, 0.15) is 23.7 Å². The average Bonchev–Trinajstić information content (AvgIpc) is 3.35. The van der Waals surface area contributed by atoms with Gasteiger partial charge in [-0.15, -0.1) is 10.2 Å². The van der Waals surface area contributed by atoms with E-state index >= 15 is 0 Å². The molecule has 9 nitrogen and oxygen atoms in total. The van der Waals surface area contributed by atoms with Gasteiger partial charge in [0.25, 0.3) is 10.2 Å². The number of carboxylic acid groups (broad SMARTS) is 1. The third-order valence-electron chi connectivity index (χ3n) is 5.95. The maximum Gasteiger partial charge on any atom is 0.325 e. The molecule has 2 aromatic carbocycles. The Labute approximate surface area is 179 Å². The summed E-state index contributed by atoms with van der Waals surface area (Å²) in [7, 11) is -4.04. The van der Waals surface area contributed by atoms with Gasteiger partial charge in [-0.05, 0) is 12.0 Å². The molecule has 0 saturated heterocycles. The number of hydrogen-bond donors (Lipinski definition) is 2. The fourth-order valence-electron chi connectivity index (χ4n) is 4.18. The smallest absolute Gasteiger partial charge is 0.325 e. The van der Waals surface area contributed by atoms with Crippen LogP contribution in [0, 0.1) is 0 Å². The molecule has 0 spiro atoms. The molecule has 1 saturated carbocycles. The van der Waals surface area contributed by atoms with Crippen molar-refractivity contribution in [1.29, 1.82) is 0 Å². The molecule has 1 aromatic heterocycles. The molecule has 2 unspecified atom stereocenters. The molecule has 10 heteroatoms. The van der Waals surface area contributed by atoms with Gasteiger partial charge in [0.1, 0.15) is 11.4 Å². The van der Waals surface area contributed by atoms with E-state index in [1.54, 1.807) is 0 Å². The van der Waals surface area contributed by atoms with E-state index in [1.807, 2.05) is 65.2 Å². The maximum atomic E-state index is 13.1. The summed E-state index contributed by atoms with van der Waals surface area (Å²) >= 11 is 0. The molecule has 0 radical (unpaired) electrons. The monoisotopic (exact) mass is 439 g/mol. The molecule has 3 aromatic rings. The van der Waals surface area contributed by atoms with Crippen molar-refractivity contribution in [2.24, 2.45) is 0 Å². The van der Waals surface area contributed by atoms with Crippen LogP contribution in [0.5, 0.6) is 0 Å². The molecule has 2 aliphatic rings. The van der Waals surface area contributed by atoms with Crippen molar-refractivity contribution in [3.63, 3.8) is 0 Å². The molecule has 1 aliphatic heterocycles. The highest BCUT2D eigenvalue weighted by Crippen LogP contribution is 2.52. The third-order valence-corrected chi connectivity index (χ3v) is 7.56. The van der Waals surface area contributed by atoms with Crippen LogP contribution in [-0.4, -0.2) is 50.6 Å². The Kier molecular flexibility index (Phi) is 4.65. The van der Waals surface area contributed by atoms with Gasteiger partial charge < -0.3 is 9.67 Å². The number of carbonyl (C=O) groups is 1. The van der Waals surface area contributed by atoms with Crippen molar-refractivity contribution in [3.05, 3.63) is 72.1 Å². The summed E-state index contributed by atoms with van der Waals surface area (Å²) in [6.07, 6.45) is 0.216. The van der Waals surface area contributed by atoms with Crippen molar-refractivity contribution < 1.29 is 18.3 Å². The summed E-state index contributed by atoms with van der Waals surface area (Å²) in [5, 5.41) is 18.2. The average molecular weight is 439 g/mol. The molecular formula is C21H21N5O4S. The first-order chi connectivity index (χ1) is 14.9. The number of nitrogens with one attached hydrogen (secondary N) is 1. The second kappa shape index (κ2) is 7.26. The number of aliphatic carboxylic acids is 1. The van der Waals surface area contributed by atoms with Gasteiger partial charge in [0.2, 0.25) is 0 Å². The maximum absolute atomic E-state index is 13.1. The van der Waals surface area contributed by atoms with Crippen LogP contribution in [-0.2, 0) is 28.1 Å². The number of aromatic nitrogens is 3. The molecule has 0 bridgehead atoms. The van der Waals surface area contributed by atoms with E-state index in [1.165, 1.54) is 4.31 Å². The van der Waals surface area contributed by atoms with E-state index < -0.39 is 27.6 Å². The molecule has 31 heavy (non-hydrogen) atoms. The second-order valence-corrected chi connectivity index (χ2v) is 9.51. The van der Waals surface area contributed by atoms with Crippen molar-refractivity contribution >= 4 is 16.2 Å². The van der Waals surface area contributed by atoms with Crippen molar-refractivity contribution in [3.8, 4) is 11.4 Å². The normalized spacial score (nSPS) is 23.3. The Balaban J connectivity index is 1.37. The van der Waals surface area contributed by atoms with Crippen LogP contribution in [0.3, 0.4) is 0 Å². The first kappa shape index (κ1) is 19.9. The van der Waals surface area contributed by atoms with E-state index in [0.717, 1.165) is 11.1 Å². The van der Waals surface area contributed by atoms with Crippen LogP contribution < -0.4 is 4.72 Å². The van der Waals surface area contributed by atoms with Crippen molar-refractivity contribution in [2.75, 3.05) is 6.54 Å². The first-order valence-electron chi connectivity index (χ1n) is 9.95. The molecule has 160 valence electrons. The Morgan fingerprint density at radius 1 is 1.03 bits per heavy atom. The van der Waals surface area contributed by atoms with Gasteiger partial charge in [-0.1, -0.05) is 60.7 Å². The molecule has 2 N–H and O–H groups in total. The Morgan fingerprint density at radius 2 is 1.71 bits per heavy atom. The molecule has 5 rings (SSSR count). The summed E-state index contributed by atoms with van der Waals surface area (Å²) in [6.45, 7) is 0.614. The number of fused-ring (bicyclic) bond motifs is 1. The molecule has 0 amide bonds. The second-order valence-electron chi connectivity index (χ2n) is 7.84. The lowest BCUT2D eigenvalue weighted by Gasteiger charge is -2.28. The zero-order valence-electron chi connectivity index (χ0n) is 16.5.